The quantitative estimate of drug-likeness (QED) is 0.679. The van der Waals surface area contributed by atoms with Gasteiger partial charge in [-0.15, -0.1) is 0 Å². The van der Waals surface area contributed by atoms with E-state index < -0.39 is 0 Å². The summed E-state index contributed by atoms with van der Waals surface area (Å²) in [4.78, 5) is 0. The summed E-state index contributed by atoms with van der Waals surface area (Å²) < 4.78 is 5.59. The number of hydrogen-bond donors (Lipinski definition) is 2. The number of rotatable bonds is 8. The van der Waals surface area contributed by atoms with E-state index in [1.54, 1.807) is 6.92 Å². The van der Waals surface area contributed by atoms with Crippen molar-refractivity contribution in [1.82, 2.24) is 5.32 Å². The molecule has 2 N–H and O–H groups in total. The van der Waals surface area contributed by atoms with Crippen LogP contribution in [0, 0.1) is 0 Å². The van der Waals surface area contributed by atoms with Crippen LogP contribution in [0.5, 0.6) is 0 Å². The molecule has 0 radical (unpaired) electrons. The molecular weight excluding hydrogens is 214 g/mol. The Morgan fingerprint density at radius 2 is 1.94 bits per heavy atom. The number of ether oxygens (including phenoxy) is 1. The molecule has 17 heavy (non-hydrogen) atoms. The number of hydrogen-bond acceptors (Lipinski definition) is 3. The fourth-order valence-corrected chi connectivity index (χ4v) is 1.50. The fourth-order valence-electron chi connectivity index (χ4n) is 1.50. The van der Waals surface area contributed by atoms with E-state index in [1.807, 2.05) is 18.2 Å². The molecule has 2 atom stereocenters. The van der Waals surface area contributed by atoms with Gasteiger partial charge in [0.2, 0.25) is 0 Å². The van der Waals surface area contributed by atoms with Crippen LogP contribution >= 0.6 is 0 Å². The summed E-state index contributed by atoms with van der Waals surface area (Å²) in [5.41, 5.74) is 1.21. The minimum atomic E-state index is -0.289. The predicted octanol–water partition coefficient (Wildman–Crippen LogP) is 1.95. The van der Waals surface area contributed by atoms with E-state index in [-0.39, 0.29) is 6.10 Å². The zero-order valence-corrected chi connectivity index (χ0v) is 10.7. The minimum Gasteiger partial charge on any atom is -0.392 e. The van der Waals surface area contributed by atoms with Crippen molar-refractivity contribution in [3.05, 3.63) is 35.9 Å². The van der Waals surface area contributed by atoms with Gasteiger partial charge in [0, 0.05) is 19.2 Å². The van der Waals surface area contributed by atoms with Crippen LogP contribution in [0.15, 0.2) is 30.3 Å². The summed E-state index contributed by atoms with van der Waals surface area (Å²) in [5.74, 6) is 0. The molecule has 0 heterocycles. The summed E-state index contributed by atoms with van der Waals surface area (Å²) in [5, 5.41) is 12.4. The third-order valence-corrected chi connectivity index (χ3v) is 2.57. The maximum atomic E-state index is 9.13. The van der Waals surface area contributed by atoms with Gasteiger partial charge in [0.15, 0.2) is 0 Å². The van der Waals surface area contributed by atoms with E-state index in [0.29, 0.717) is 19.2 Å². The maximum Gasteiger partial charge on any atom is 0.0716 e. The largest absolute Gasteiger partial charge is 0.392 e. The van der Waals surface area contributed by atoms with E-state index >= 15 is 0 Å². The molecule has 96 valence electrons. The summed E-state index contributed by atoms with van der Waals surface area (Å²) in [6, 6.07) is 10.5. The summed E-state index contributed by atoms with van der Waals surface area (Å²) in [6.45, 7) is 5.94. The van der Waals surface area contributed by atoms with Gasteiger partial charge in [0.05, 0.1) is 12.7 Å². The van der Waals surface area contributed by atoms with Gasteiger partial charge >= 0.3 is 0 Å². The van der Waals surface area contributed by atoms with Crippen molar-refractivity contribution in [2.24, 2.45) is 0 Å². The van der Waals surface area contributed by atoms with Gasteiger partial charge in [-0.2, -0.15) is 0 Å². The van der Waals surface area contributed by atoms with Crippen molar-refractivity contribution in [3.8, 4) is 0 Å². The Morgan fingerprint density at radius 3 is 2.59 bits per heavy atom. The second kappa shape index (κ2) is 8.23. The lowest BCUT2D eigenvalue weighted by Gasteiger charge is -2.15. The number of aliphatic hydroxyl groups is 1. The Bertz CT molecular complexity index is 288. The molecule has 0 aromatic heterocycles. The molecule has 1 unspecified atom stereocenters. The van der Waals surface area contributed by atoms with Crippen molar-refractivity contribution < 1.29 is 9.84 Å². The molecule has 0 bridgehead atoms. The van der Waals surface area contributed by atoms with Crippen molar-refractivity contribution in [3.63, 3.8) is 0 Å². The SMILES string of the molecule is CC(CCOCc1ccccc1)NC[C@H](C)O. The maximum absolute atomic E-state index is 9.13. The van der Waals surface area contributed by atoms with Crippen LogP contribution in [-0.2, 0) is 11.3 Å². The molecule has 0 saturated heterocycles. The van der Waals surface area contributed by atoms with Gasteiger partial charge in [0.25, 0.3) is 0 Å². The molecule has 1 aromatic carbocycles. The first-order valence-electron chi connectivity index (χ1n) is 6.21. The highest BCUT2D eigenvalue weighted by Crippen LogP contribution is 2.01. The van der Waals surface area contributed by atoms with Crippen LogP contribution < -0.4 is 5.32 Å². The van der Waals surface area contributed by atoms with Crippen LogP contribution in [-0.4, -0.2) is 30.4 Å². The monoisotopic (exact) mass is 237 g/mol. The van der Waals surface area contributed by atoms with Gasteiger partial charge in [-0.25, -0.2) is 0 Å². The van der Waals surface area contributed by atoms with Crippen LogP contribution in [0.3, 0.4) is 0 Å². The molecule has 3 nitrogen and oxygen atoms in total. The van der Waals surface area contributed by atoms with Crippen LogP contribution in [0.25, 0.3) is 0 Å². The predicted molar refractivity (Wildman–Crippen MR) is 69.9 cm³/mol. The van der Waals surface area contributed by atoms with E-state index in [1.165, 1.54) is 5.56 Å². The minimum absolute atomic E-state index is 0.289. The number of aliphatic hydroxyl groups excluding tert-OH is 1. The van der Waals surface area contributed by atoms with Gasteiger partial charge in [-0.3, -0.25) is 0 Å². The van der Waals surface area contributed by atoms with Crippen molar-refractivity contribution in [2.75, 3.05) is 13.2 Å². The van der Waals surface area contributed by atoms with Gasteiger partial charge in [-0.05, 0) is 25.8 Å². The van der Waals surface area contributed by atoms with Crippen molar-refractivity contribution in [2.45, 2.75) is 39.0 Å². The van der Waals surface area contributed by atoms with E-state index in [2.05, 4.69) is 24.4 Å². The van der Waals surface area contributed by atoms with Crippen LogP contribution in [0.4, 0.5) is 0 Å². The Balaban J connectivity index is 2.04. The third kappa shape index (κ3) is 7.10. The van der Waals surface area contributed by atoms with E-state index in [0.717, 1.165) is 13.0 Å². The normalized spacial score (nSPS) is 14.5. The Morgan fingerprint density at radius 1 is 1.24 bits per heavy atom. The highest BCUT2D eigenvalue weighted by molar-refractivity contribution is 5.13. The lowest BCUT2D eigenvalue weighted by Crippen LogP contribution is -2.33. The Hall–Kier alpha value is -0.900. The standard InChI is InChI=1S/C14H23NO2/c1-12(15-10-13(2)16)8-9-17-11-14-6-4-3-5-7-14/h3-7,12-13,15-16H,8-11H2,1-2H3/t12?,13-/m0/s1. The molecular formula is C14H23NO2. The summed E-state index contributed by atoms with van der Waals surface area (Å²) in [6.07, 6.45) is 0.669. The zero-order chi connectivity index (χ0) is 12.5. The molecule has 1 aromatic rings. The molecule has 3 heteroatoms. The van der Waals surface area contributed by atoms with Gasteiger partial charge < -0.3 is 15.2 Å². The number of nitrogens with one attached hydrogen (secondary N) is 1. The lowest BCUT2D eigenvalue weighted by molar-refractivity contribution is 0.110. The number of benzene rings is 1. The van der Waals surface area contributed by atoms with E-state index in [9.17, 15) is 0 Å². The summed E-state index contributed by atoms with van der Waals surface area (Å²) in [7, 11) is 0. The van der Waals surface area contributed by atoms with Gasteiger partial charge in [0.1, 0.15) is 0 Å². The first kappa shape index (κ1) is 14.2. The third-order valence-electron chi connectivity index (χ3n) is 2.57. The molecule has 0 aliphatic heterocycles. The zero-order valence-electron chi connectivity index (χ0n) is 10.7. The highest BCUT2D eigenvalue weighted by atomic mass is 16.5. The summed E-state index contributed by atoms with van der Waals surface area (Å²) >= 11 is 0. The average Bonchev–Trinajstić information content (AvgIpc) is 2.33. The lowest BCUT2D eigenvalue weighted by atomic mass is 10.2. The Labute approximate surface area is 104 Å². The fraction of sp³-hybridized carbons (Fsp3) is 0.571. The topological polar surface area (TPSA) is 41.5 Å². The first-order chi connectivity index (χ1) is 8.18. The molecule has 0 aliphatic rings. The van der Waals surface area contributed by atoms with E-state index in [4.69, 9.17) is 9.84 Å². The molecule has 0 spiro atoms. The Kier molecular flexibility index (Phi) is 6.86. The van der Waals surface area contributed by atoms with Gasteiger partial charge in [-0.1, -0.05) is 30.3 Å². The van der Waals surface area contributed by atoms with Crippen molar-refractivity contribution in [1.29, 1.82) is 0 Å². The van der Waals surface area contributed by atoms with Crippen LogP contribution in [0.1, 0.15) is 25.8 Å². The molecule has 0 amide bonds. The smallest absolute Gasteiger partial charge is 0.0716 e. The van der Waals surface area contributed by atoms with Crippen LogP contribution in [0.2, 0.25) is 0 Å². The molecule has 0 fully saturated rings. The molecule has 0 aliphatic carbocycles. The molecule has 0 saturated carbocycles. The van der Waals surface area contributed by atoms with Crippen molar-refractivity contribution >= 4 is 0 Å². The first-order valence-corrected chi connectivity index (χ1v) is 6.21. The second-order valence-corrected chi connectivity index (χ2v) is 4.49. The molecule has 1 rings (SSSR count). The second-order valence-electron chi connectivity index (χ2n) is 4.49. The highest BCUT2D eigenvalue weighted by Gasteiger charge is 2.02. The average molecular weight is 237 g/mol.